The fourth-order valence-electron chi connectivity index (χ4n) is 2.45. The minimum absolute atomic E-state index is 0.258. The molecular formula is C18H15ClN2O3. The van der Waals surface area contributed by atoms with E-state index in [1.807, 2.05) is 6.07 Å². The number of nitrogens with one attached hydrogen (secondary N) is 1. The summed E-state index contributed by atoms with van der Waals surface area (Å²) in [7, 11) is 3.11. The van der Waals surface area contributed by atoms with Gasteiger partial charge < -0.3 is 14.8 Å². The van der Waals surface area contributed by atoms with Crippen molar-refractivity contribution >= 4 is 34.1 Å². The lowest BCUT2D eigenvalue weighted by molar-refractivity contribution is 0.102. The molecule has 0 fully saturated rings. The Bertz CT molecular complexity index is 895. The van der Waals surface area contributed by atoms with Crippen LogP contribution in [0.15, 0.2) is 48.7 Å². The SMILES string of the molecule is COc1cc(NC(=O)c2ccc(Cl)cc2)c2ncccc2c1OC. The fourth-order valence-corrected chi connectivity index (χ4v) is 2.58. The zero-order chi connectivity index (χ0) is 17.1. The molecule has 0 saturated heterocycles. The maximum Gasteiger partial charge on any atom is 0.255 e. The van der Waals surface area contributed by atoms with Crippen molar-refractivity contribution in [2.75, 3.05) is 19.5 Å². The normalized spacial score (nSPS) is 10.5. The number of anilines is 1. The van der Waals surface area contributed by atoms with E-state index < -0.39 is 0 Å². The number of hydrogen-bond donors (Lipinski definition) is 1. The Labute approximate surface area is 144 Å². The van der Waals surface area contributed by atoms with Crippen molar-refractivity contribution in [1.82, 2.24) is 4.98 Å². The number of carbonyl (C=O) groups excluding carboxylic acids is 1. The third kappa shape index (κ3) is 2.98. The van der Waals surface area contributed by atoms with Crippen LogP contribution in [0.1, 0.15) is 10.4 Å². The molecule has 6 heteroatoms. The summed E-state index contributed by atoms with van der Waals surface area (Å²) < 4.78 is 10.8. The molecule has 0 atom stereocenters. The van der Waals surface area contributed by atoms with Crippen LogP contribution in [-0.4, -0.2) is 25.1 Å². The highest BCUT2D eigenvalue weighted by Gasteiger charge is 2.16. The molecule has 3 aromatic rings. The van der Waals surface area contributed by atoms with Gasteiger partial charge in [0.05, 0.1) is 25.4 Å². The van der Waals surface area contributed by atoms with Gasteiger partial charge in [-0.1, -0.05) is 11.6 Å². The molecule has 0 radical (unpaired) electrons. The van der Waals surface area contributed by atoms with Gasteiger partial charge in [0, 0.05) is 28.2 Å². The van der Waals surface area contributed by atoms with Crippen LogP contribution in [0.5, 0.6) is 11.5 Å². The van der Waals surface area contributed by atoms with E-state index in [9.17, 15) is 4.79 Å². The van der Waals surface area contributed by atoms with Crippen molar-refractivity contribution in [3.63, 3.8) is 0 Å². The van der Waals surface area contributed by atoms with E-state index in [0.29, 0.717) is 33.3 Å². The van der Waals surface area contributed by atoms with E-state index in [2.05, 4.69) is 10.3 Å². The van der Waals surface area contributed by atoms with Crippen molar-refractivity contribution in [2.24, 2.45) is 0 Å². The molecule has 0 aliphatic carbocycles. The summed E-state index contributed by atoms with van der Waals surface area (Å²) in [4.78, 5) is 16.8. The lowest BCUT2D eigenvalue weighted by Gasteiger charge is -2.14. The number of fused-ring (bicyclic) bond motifs is 1. The zero-order valence-electron chi connectivity index (χ0n) is 13.2. The summed E-state index contributed by atoms with van der Waals surface area (Å²) in [5.41, 5.74) is 1.67. The molecule has 3 rings (SSSR count). The van der Waals surface area contributed by atoms with E-state index >= 15 is 0 Å². The average Bonchev–Trinajstić information content (AvgIpc) is 2.61. The molecule has 1 heterocycles. The van der Waals surface area contributed by atoms with Crippen molar-refractivity contribution in [3.8, 4) is 11.5 Å². The largest absolute Gasteiger partial charge is 0.493 e. The predicted molar refractivity (Wildman–Crippen MR) is 94.3 cm³/mol. The van der Waals surface area contributed by atoms with Gasteiger partial charge in [-0.2, -0.15) is 0 Å². The van der Waals surface area contributed by atoms with E-state index in [1.54, 1.807) is 56.8 Å². The van der Waals surface area contributed by atoms with Gasteiger partial charge in [-0.05, 0) is 36.4 Å². The van der Waals surface area contributed by atoms with Crippen LogP contribution in [0.2, 0.25) is 5.02 Å². The number of aromatic nitrogens is 1. The highest BCUT2D eigenvalue weighted by Crippen LogP contribution is 2.39. The number of benzene rings is 2. The summed E-state index contributed by atoms with van der Waals surface area (Å²) in [5, 5.41) is 4.20. The Morgan fingerprint density at radius 2 is 1.88 bits per heavy atom. The molecule has 122 valence electrons. The third-order valence-electron chi connectivity index (χ3n) is 3.59. The minimum Gasteiger partial charge on any atom is -0.493 e. The molecule has 0 saturated carbocycles. The number of methoxy groups -OCH3 is 2. The van der Waals surface area contributed by atoms with Gasteiger partial charge in [0.25, 0.3) is 5.91 Å². The van der Waals surface area contributed by atoms with Crippen LogP contribution in [0, 0.1) is 0 Å². The Morgan fingerprint density at radius 3 is 2.54 bits per heavy atom. The quantitative estimate of drug-likeness (QED) is 0.773. The molecule has 5 nitrogen and oxygen atoms in total. The fraction of sp³-hybridized carbons (Fsp3) is 0.111. The first kappa shape index (κ1) is 16.1. The molecule has 1 aromatic heterocycles. The molecular weight excluding hydrogens is 328 g/mol. The van der Waals surface area contributed by atoms with Crippen LogP contribution in [0.25, 0.3) is 10.9 Å². The maximum atomic E-state index is 12.5. The van der Waals surface area contributed by atoms with E-state index in [4.69, 9.17) is 21.1 Å². The number of amides is 1. The molecule has 0 unspecified atom stereocenters. The molecule has 0 bridgehead atoms. The lowest BCUT2D eigenvalue weighted by atomic mass is 10.1. The van der Waals surface area contributed by atoms with Crippen LogP contribution in [0.3, 0.4) is 0 Å². The van der Waals surface area contributed by atoms with Crippen LogP contribution in [-0.2, 0) is 0 Å². The number of carbonyl (C=O) groups is 1. The summed E-state index contributed by atoms with van der Waals surface area (Å²) in [6, 6.07) is 12.0. The van der Waals surface area contributed by atoms with Gasteiger partial charge in [-0.15, -0.1) is 0 Å². The van der Waals surface area contributed by atoms with Crippen molar-refractivity contribution in [2.45, 2.75) is 0 Å². The molecule has 0 aliphatic heterocycles. The second-order valence-corrected chi connectivity index (χ2v) is 5.46. The summed E-state index contributed by atoms with van der Waals surface area (Å²) in [6.07, 6.45) is 1.66. The van der Waals surface area contributed by atoms with Crippen LogP contribution < -0.4 is 14.8 Å². The van der Waals surface area contributed by atoms with E-state index in [-0.39, 0.29) is 5.91 Å². The van der Waals surface area contributed by atoms with Gasteiger partial charge in [-0.3, -0.25) is 9.78 Å². The highest BCUT2D eigenvalue weighted by atomic mass is 35.5. The first-order chi connectivity index (χ1) is 11.6. The smallest absolute Gasteiger partial charge is 0.255 e. The number of halogens is 1. The predicted octanol–water partition coefficient (Wildman–Crippen LogP) is 4.16. The first-order valence-electron chi connectivity index (χ1n) is 7.20. The first-order valence-corrected chi connectivity index (χ1v) is 7.58. The van der Waals surface area contributed by atoms with Gasteiger partial charge in [0.2, 0.25) is 0 Å². The van der Waals surface area contributed by atoms with E-state index in [1.165, 1.54) is 0 Å². The number of nitrogens with zero attached hydrogens (tertiary/aromatic N) is 1. The Balaban J connectivity index is 2.06. The Morgan fingerprint density at radius 1 is 1.12 bits per heavy atom. The summed E-state index contributed by atoms with van der Waals surface area (Å²) in [5.74, 6) is 0.834. The Hall–Kier alpha value is -2.79. The summed E-state index contributed by atoms with van der Waals surface area (Å²) >= 11 is 5.86. The molecule has 1 N–H and O–H groups in total. The second kappa shape index (κ2) is 6.76. The van der Waals surface area contributed by atoms with Crippen molar-refractivity contribution < 1.29 is 14.3 Å². The topological polar surface area (TPSA) is 60.5 Å². The molecule has 0 spiro atoms. The van der Waals surface area contributed by atoms with Crippen molar-refractivity contribution in [3.05, 3.63) is 59.2 Å². The standard InChI is InChI=1S/C18H15ClN2O3/c1-23-15-10-14(16-13(17(15)24-2)4-3-9-20-16)21-18(22)11-5-7-12(19)8-6-11/h3-10H,1-2H3,(H,21,22). The lowest BCUT2D eigenvalue weighted by Crippen LogP contribution is -2.12. The van der Waals surface area contributed by atoms with Crippen LogP contribution in [0.4, 0.5) is 5.69 Å². The molecule has 24 heavy (non-hydrogen) atoms. The number of ether oxygens (including phenoxy) is 2. The highest BCUT2D eigenvalue weighted by molar-refractivity contribution is 6.30. The average molecular weight is 343 g/mol. The second-order valence-electron chi connectivity index (χ2n) is 5.02. The number of rotatable bonds is 4. The molecule has 2 aromatic carbocycles. The number of pyridine rings is 1. The third-order valence-corrected chi connectivity index (χ3v) is 3.84. The summed E-state index contributed by atoms with van der Waals surface area (Å²) in [6.45, 7) is 0. The molecule has 0 aliphatic rings. The van der Waals surface area contributed by atoms with Gasteiger partial charge >= 0.3 is 0 Å². The van der Waals surface area contributed by atoms with Gasteiger partial charge in [0.1, 0.15) is 0 Å². The zero-order valence-corrected chi connectivity index (χ0v) is 13.9. The number of hydrogen-bond acceptors (Lipinski definition) is 4. The molecule has 1 amide bonds. The minimum atomic E-state index is -0.258. The monoisotopic (exact) mass is 342 g/mol. The van der Waals surface area contributed by atoms with Crippen LogP contribution >= 0.6 is 11.6 Å². The van der Waals surface area contributed by atoms with E-state index in [0.717, 1.165) is 5.39 Å². The maximum absolute atomic E-state index is 12.5. The van der Waals surface area contributed by atoms with Crippen molar-refractivity contribution in [1.29, 1.82) is 0 Å². The van der Waals surface area contributed by atoms with Gasteiger partial charge in [0.15, 0.2) is 11.5 Å². The van der Waals surface area contributed by atoms with Gasteiger partial charge in [-0.25, -0.2) is 0 Å². The Kier molecular flexibility index (Phi) is 4.53.